The van der Waals surface area contributed by atoms with Gasteiger partial charge in [-0.15, -0.1) is 5.10 Å². The fourth-order valence-corrected chi connectivity index (χ4v) is 2.30. The number of carbonyl (C=O) groups excluding carboxylic acids is 1. The maximum Gasteiger partial charge on any atom is 0.269 e. The summed E-state index contributed by atoms with van der Waals surface area (Å²) < 4.78 is 5.50. The van der Waals surface area contributed by atoms with Crippen LogP contribution in [0, 0.1) is 6.92 Å². The van der Waals surface area contributed by atoms with Gasteiger partial charge >= 0.3 is 0 Å². The van der Waals surface area contributed by atoms with E-state index in [-0.39, 0.29) is 5.91 Å². The first-order valence-corrected chi connectivity index (χ1v) is 6.72. The third-order valence-corrected chi connectivity index (χ3v) is 3.58. The van der Waals surface area contributed by atoms with Gasteiger partial charge in [-0.3, -0.25) is 4.79 Å². The number of aryl methyl sites for hydroxylation is 1. The zero-order valence-corrected chi connectivity index (χ0v) is 11.5. The van der Waals surface area contributed by atoms with E-state index < -0.39 is 0 Å². The lowest BCUT2D eigenvalue weighted by Gasteiger charge is -2.05. The molecule has 0 unspecified atom stereocenters. The van der Waals surface area contributed by atoms with Crippen LogP contribution in [0.5, 0.6) is 0 Å². The molecule has 0 aliphatic carbocycles. The molecule has 2 heterocycles. The number of amides is 1. The van der Waals surface area contributed by atoms with Crippen molar-refractivity contribution in [1.82, 2.24) is 19.4 Å². The Kier molecular flexibility index (Phi) is 3.26. The third kappa shape index (κ3) is 2.43. The van der Waals surface area contributed by atoms with E-state index in [1.807, 2.05) is 36.5 Å². The van der Waals surface area contributed by atoms with E-state index in [2.05, 4.69) is 20.0 Å². The minimum absolute atomic E-state index is 0.190. The van der Waals surface area contributed by atoms with Gasteiger partial charge in [-0.2, -0.15) is 5.10 Å². The molecular formula is C13H11N5OS. The summed E-state index contributed by atoms with van der Waals surface area (Å²) in [5, 5.41) is 10.8. The van der Waals surface area contributed by atoms with E-state index in [9.17, 15) is 4.79 Å². The molecule has 0 aliphatic rings. The van der Waals surface area contributed by atoms with Gasteiger partial charge in [-0.05, 0) is 48.8 Å². The van der Waals surface area contributed by atoms with Crippen molar-refractivity contribution in [2.75, 3.05) is 5.32 Å². The summed E-state index contributed by atoms with van der Waals surface area (Å²) in [6, 6.07) is 9.30. The molecule has 0 saturated heterocycles. The highest BCUT2D eigenvalue weighted by molar-refractivity contribution is 7.08. The van der Waals surface area contributed by atoms with E-state index in [1.165, 1.54) is 0 Å². The molecule has 1 amide bonds. The second-order valence-electron chi connectivity index (χ2n) is 4.14. The summed E-state index contributed by atoms with van der Waals surface area (Å²) >= 11 is 1.09. The van der Waals surface area contributed by atoms with Gasteiger partial charge in [0.15, 0.2) is 0 Å². The van der Waals surface area contributed by atoms with Crippen molar-refractivity contribution in [3.63, 3.8) is 0 Å². The Hall–Kier alpha value is -2.54. The second kappa shape index (κ2) is 5.22. The van der Waals surface area contributed by atoms with Crippen molar-refractivity contribution in [1.29, 1.82) is 0 Å². The number of hydrogen-bond acceptors (Lipinski definition) is 5. The summed E-state index contributed by atoms with van der Waals surface area (Å²) in [5.74, 6) is -0.190. The van der Waals surface area contributed by atoms with Crippen LogP contribution in [0.25, 0.3) is 5.69 Å². The normalized spacial score (nSPS) is 10.4. The molecule has 1 aromatic carbocycles. The third-order valence-electron chi connectivity index (χ3n) is 2.75. The molecule has 100 valence electrons. The minimum Gasteiger partial charge on any atom is -0.321 e. The minimum atomic E-state index is -0.190. The van der Waals surface area contributed by atoms with Gasteiger partial charge in [-0.25, -0.2) is 4.68 Å². The Bertz CT molecular complexity index is 718. The predicted octanol–water partition coefficient (Wildman–Crippen LogP) is 2.28. The van der Waals surface area contributed by atoms with Crippen molar-refractivity contribution in [3.8, 4) is 5.69 Å². The van der Waals surface area contributed by atoms with Crippen molar-refractivity contribution < 1.29 is 4.79 Å². The smallest absolute Gasteiger partial charge is 0.269 e. The largest absolute Gasteiger partial charge is 0.321 e. The van der Waals surface area contributed by atoms with E-state index in [0.29, 0.717) is 10.6 Å². The lowest BCUT2D eigenvalue weighted by atomic mass is 10.2. The molecule has 7 heteroatoms. The Morgan fingerprint density at radius 1 is 1.30 bits per heavy atom. The lowest BCUT2D eigenvalue weighted by Crippen LogP contribution is -2.11. The zero-order chi connectivity index (χ0) is 13.9. The number of carbonyl (C=O) groups is 1. The molecule has 2 aromatic heterocycles. The molecule has 0 aliphatic heterocycles. The fourth-order valence-electron chi connectivity index (χ4n) is 1.75. The molecule has 6 nitrogen and oxygen atoms in total. The quantitative estimate of drug-likeness (QED) is 0.801. The van der Waals surface area contributed by atoms with Crippen LogP contribution in [-0.4, -0.2) is 25.3 Å². The van der Waals surface area contributed by atoms with Crippen LogP contribution in [0.4, 0.5) is 5.69 Å². The van der Waals surface area contributed by atoms with E-state index in [4.69, 9.17) is 0 Å². The number of hydrogen-bond donors (Lipinski definition) is 1. The lowest BCUT2D eigenvalue weighted by molar-refractivity contribution is 0.103. The number of aromatic nitrogens is 4. The maximum absolute atomic E-state index is 12.0. The molecule has 0 atom stereocenters. The number of anilines is 1. The Labute approximate surface area is 119 Å². The summed E-state index contributed by atoms with van der Waals surface area (Å²) in [6.45, 7) is 1.76. The van der Waals surface area contributed by atoms with E-state index >= 15 is 0 Å². The standard InChI is InChI=1S/C13H11N5OS/c1-9-12(20-17-16-9)13(19)15-10-3-5-11(6-4-10)18-8-2-7-14-18/h2-8H,1H3,(H,15,19). The predicted molar refractivity (Wildman–Crippen MR) is 76.2 cm³/mol. The fraction of sp³-hybridized carbons (Fsp3) is 0.0769. The Morgan fingerprint density at radius 3 is 2.70 bits per heavy atom. The summed E-state index contributed by atoms with van der Waals surface area (Å²) in [6.07, 6.45) is 3.58. The van der Waals surface area contributed by atoms with Crippen molar-refractivity contribution in [2.24, 2.45) is 0 Å². The summed E-state index contributed by atoms with van der Waals surface area (Å²) in [5.41, 5.74) is 2.29. The number of benzene rings is 1. The van der Waals surface area contributed by atoms with Gasteiger partial charge in [0.05, 0.1) is 11.4 Å². The highest BCUT2D eigenvalue weighted by Crippen LogP contribution is 2.15. The molecular weight excluding hydrogens is 274 g/mol. The van der Waals surface area contributed by atoms with Gasteiger partial charge in [0.25, 0.3) is 5.91 Å². The van der Waals surface area contributed by atoms with Crippen LogP contribution in [0.1, 0.15) is 15.4 Å². The van der Waals surface area contributed by atoms with Gasteiger partial charge in [-0.1, -0.05) is 4.49 Å². The average Bonchev–Trinajstić information content (AvgIpc) is 3.10. The highest BCUT2D eigenvalue weighted by atomic mass is 32.1. The molecule has 0 bridgehead atoms. The molecule has 20 heavy (non-hydrogen) atoms. The SMILES string of the molecule is Cc1nnsc1C(=O)Nc1ccc(-n2cccn2)cc1. The van der Waals surface area contributed by atoms with Crippen LogP contribution in [0.3, 0.4) is 0 Å². The summed E-state index contributed by atoms with van der Waals surface area (Å²) in [7, 11) is 0. The van der Waals surface area contributed by atoms with Crippen molar-refractivity contribution in [3.05, 3.63) is 53.3 Å². The Balaban J connectivity index is 1.76. The van der Waals surface area contributed by atoms with Gasteiger partial charge in [0.2, 0.25) is 0 Å². The highest BCUT2D eigenvalue weighted by Gasteiger charge is 2.13. The van der Waals surface area contributed by atoms with Crippen LogP contribution >= 0.6 is 11.5 Å². The number of nitrogens with zero attached hydrogens (tertiary/aromatic N) is 4. The van der Waals surface area contributed by atoms with Gasteiger partial charge in [0, 0.05) is 18.1 Å². The topological polar surface area (TPSA) is 72.7 Å². The summed E-state index contributed by atoms with van der Waals surface area (Å²) in [4.78, 5) is 12.5. The second-order valence-corrected chi connectivity index (χ2v) is 4.89. The van der Waals surface area contributed by atoms with Crippen LogP contribution < -0.4 is 5.32 Å². The number of rotatable bonds is 3. The first-order valence-electron chi connectivity index (χ1n) is 5.94. The molecule has 3 rings (SSSR count). The molecule has 1 N–H and O–H groups in total. The first-order chi connectivity index (χ1) is 9.74. The van der Waals surface area contributed by atoms with Gasteiger partial charge in [0.1, 0.15) is 4.88 Å². The van der Waals surface area contributed by atoms with Crippen LogP contribution in [0.2, 0.25) is 0 Å². The number of nitrogens with one attached hydrogen (secondary N) is 1. The molecule has 0 fully saturated rings. The average molecular weight is 285 g/mol. The van der Waals surface area contributed by atoms with Gasteiger partial charge < -0.3 is 5.32 Å². The maximum atomic E-state index is 12.0. The Morgan fingerprint density at radius 2 is 2.10 bits per heavy atom. The van der Waals surface area contributed by atoms with Crippen LogP contribution in [-0.2, 0) is 0 Å². The van der Waals surface area contributed by atoms with Crippen molar-refractivity contribution in [2.45, 2.75) is 6.92 Å². The molecule has 0 saturated carbocycles. The monoisotopic (exact) mass is 285 g/mol. The van der Waals surface area contributed by atoms with Crippen molar-refractivity contribution >= 4 is 23.1 Å². The first kappa shape index (κ1) is 12.5. The molecule has 0 radical (unpaired) electrons. The van der Waals surface area contributed by atoms with E-state index in [0.717, 1.165) is 22.9 Å². The van der Waals surface area contributed by atoms with Crippen LogP contribution in [0.15, 0.2) is 42.7 Å². The molecule has 3 aromatic rings. The molecule has 0 spiro atoms. The van der Waals surface area contributed by atoms with E-state index in [1.54, 1.807) is 17.8 Å². The zero-order valence-electron chi connectivity index (χ0n) is 10.6.